The third-order valence-electron chi connectivity index (χ3n) is 4.90. The molecule has 4 heteroatoms. The molecule has 0 bridgehead atoms. The summed E-state index contributed by atoms with van der Waals surface area (Å²) in [4.78, 5) is 13.8. The van der Waals surface area contributed by atoms with Crippen LogP contribution in [0.4, 0.5) is 4.39 Å². The van der Waals surface area contributed by atoms with Crippen molar-refractivity contribution in [2.75, 3.05) is 20.1 Å². The van der Waals surface area contributed by atoms with Gasteiger partial charge in [-0.3, -0.25) is 9.69 Å². The number of amides is 1. The molecule has 3 nitrogen and oxygen atoms in total. The predicted molar refractivity (Wildman–Crippen MR) is 80.4 cm³/mol. The van der Waals surface area contributed by atoms with E-state index in [2.05, 4.69) is 10.2 Å². The van der Waals surface area contributed by atoms with Gasteiger partial charge in [-0.15, -0.1) is 0 Å². The Bertz CT molecular complexity index is 520. The van der Waals surface area contributed by atoms with E-state index in [0.717, 1.165) is 43.6 Å². The van der Waals surface area contributed by atoms with Gasteiger partial charge in [-0.2, -0.15) is 0 Å². The van der Waals surface area contributed by atoms with Crippen LogP contribution in [0.5, 0.6) is 0 Å². The first kappa shape index (κ1) is 14.5. The summed E-state index contributed by atoms with van der Waals surface area (Å²) in [6.07, 6.45) is 4.13. The normalized spacial score (nSPS) is 25.6. The van der Waals surface area contributed by atoms with Crippen LogP contribution in [0.3, 0.4) is 0 Å². The zero-order valence-corrected chi connectivity index (χ0v) is 12.6. The first-order chi connectivity index (χ1) is 10.2. The van der Waals surface area contributed by atoms with E-state index in [0.29, 0.717) is 5.92 Å². The molecule has 1 amide bonds. The minimum absolute atomic E-state index is 0.0946. The SMILES string of the molecule is CNC(=O)[C@H]1C[C@@H](c2ccc(CN3CCCC3)c(F)c2)C1. The van der Waals surface area contributed by atoms with Gasteiger partial charge in [0.25, 0.3) is 0 Å². The van der Waals surface area contributed by atoms with Crippen LogP contribution in [0.1, 0.15) is 42.7 Å². The molecule has 1 heterocycles. The molecule has 0 spiro atoms. The quantitative estimate of drug-likeness (QED) is 0.924. The Morgan fingerprint density at radius 3 is 2.67 bits per heavy atom. The molecule has 21 heavy (non-hydrogen) atoms. The van der Waals surface area contributed by atoms with Crippen LogP contribution >= 0.6 is 0 Å². The molecular weight excluding hydrogens is 267 g/mol. The molecule has 1 aliphatic carbocycles. The molecule has 1 aromatic rings. The summed E-state index contributed by atoms with van der Waals surface area (Å²) in [6.45, 7) is 2.88. The van der Waals surface area contributed by atoms with Crippen molar-refractivity contribution in [1.82, 2.24) is 10.2 Å². The maximum atomic E-state index is 14.2. The molecule has 0 radical (unpaired) electrons. The number of benzene rings is 1. The molecule has 0 atom stereocenters. The molecule has 1 saturated carbocycles. The van der Waals surface area contributed by atoms with Gasteiger partial charge in [-0.1, -0.05) is 12.1 Å². The third kappa shape index (κ3) is 3.10. The molecule has 114 valence electrons. The van der Waals surface area contributed by atoms with Crippen molar-refractivity contribution in [3.63, 3.8) is 0 Å². The lowest BCUT2D eigenvalue weighted by molar-refractivity contribution is -0.127. The highest BCUT2D eigenvalue weighted by atomic mass is 19.1. The maximum absolute atomic E-state index is 14.2. The van der Waals surface area contributed by atoms with E-state index in [9.17, 15) is 9.18 Å². The zero-order chi connectivity index (χ0) is 14.8. The summed E-state index contributed by atoms with van der Waals surface area (Å²) in [5.41, 5.74) is 1.83. The van der Waals surface area contributed by atoms with E-state index in [-0.39, 0.29) is 17.6 Å². The summed E-state index contributed by atoms with van der Waals surface area (Å²) in [6, 6.07) is 5.64. The fourth-order valence-corrected chi connectivity index (χ4v) is 3.44. The fraction of sp³-hybridized carbons (Fsp3) is 0.588. The van der Waals surface area contributed by atoms with Crippen molar-refractivity contribution < 1.29 is 9.18 Å². The van der Waals surface area contributed by atoms with Gasteiger partial charge in [0.1, 0.15) is 5.82 Å². The van der Waals surface area contributed by atoms with Gasteiger partial charge in [0.2, 0.25) is 5.91 Å². The van der Waals surface area contributed by atoms with Gasteiger partial charge in [0, 0.05) is 25.1 Å². The summed E-state index contributed by atoms with van der Waals surface area (Å²) >= 11 is 0. The molecule has 0 aromatic heterocycles. The fourth-order valence-electron chi connectivity index (χ4n) is 3.44. The molecule has 2 fully saturated rings. The molecule has 1 aromatic carbocycles. The van der Waals surface area contributed by atoms with E-state index < -0.39 is 0 Å². The number of nitrogens with zero attached hydrogens (tertiary/aromatic N) is 1. The molecule has 1 N–H and O–H groups in total. The van der Waals surface area contributed by atoms with Crippen molar-refractivity contribution in [3.05, 3.63) is 35.1 Å². The monoisotopic (exact) mass is 290 g/mol. The molecule has 1 aliphatic heterocycles. The lowest BCUT2D eigenvalue weighted by atomic mass is 9.71. The standard InChI is InChI=1S/C17H23FN2O/c1-19-17(21)15-8-14(9-15)12-4-5-13(16(18)10-12)11-20-6-2-3-7-20/h4-5,10,14-15H,2-3,6-9,11H2,1H3,(H,19,21)/t14-,15+. The lowest BCUT2D eigenvalue weighted by Crippen LogP contribution is -2.36. The van der Waals surface area contributed by atoms with Crippen molar-refractivity contribution in [2.24, 2.45) is 5.92 Å². The van der Waals surface area contributed by atoms with Crippen molar-refractivity contribution in [3.8, 4) is 0 Å². The van der Waals surface area contributed by atoms with E-state index >= 15 is 0 Å². The smallest absolute Gasteiger partial charge is 0.222 e. The van der Waals surface area contributed by atoms with Crippen molar-refractivity contribution in [1.29, 1.82) is 0 Å². The minimum atomic E-state index is -0.0946. The van der Waals surface area contributed by atoms with Gasteiger partial charge in [0.15, 0.2) is 0 Å². The van der Waals surface area contributed by atoms with Crippen LogP contribution in [-0.4, -0.2) is 30.9 Å². The highest BCUT2D eigenvalue weighted by molar-refractivity contribution is 5.79. The second-order valence-electron chi connectivity index (χ2n) is 6.31. The number of carbonyl (C=O) groups is 1. The maximum Gasteiger partial charge on any atom is 0.222 e. The number of likely N-dealkylation sites (tertiary alicyclic amines) is 1. The Balaban J connectivity index is 1.61. The Morgan fingerprint density at radius 1 is 1.33 bits per heavy atom. The van der Waals surface area contributed by atoms with Gasteiger partial charge in [-0.25, -0.2) is 4.39 Å². The second-order valence-corrected chi connectivity index (χ2v) is 6.31. The average Bonchev–Trinajstić information content (AvgIpc) is 2.93. The van der Waals surface area contributed by atoms with Crippen LogP contribution in [0.2, 0.25) is 0 Å². The second kappa shape index (κ2) is 6.14. The molecule has 0 unspecified atom stereocenters. The number of nitrogens with one attached hydrogen (secondary N) is 1. The highest BCUT2D eigenvalue weighted by Gasteiger charge is 2.35. The van der Waals surface area contributed by atoms with Gasteiger partial charge in [-0.05, 0) is 56.3 Å². The Labute approximate surface area is 125 Å². The van der Waals surface area contributed by atoms with E-state index in [1.54, 1.807) is 13.1 Å². The van der Waals surface area contributed by atoms with Gasteiger partial charge in [0.05, 0.1) is 0 Å². The first-order valence-corrected chi connectivity index (χ1v) is 7.89. The summed E-state index contributed by atoms with van der Waals surface area (Å²) in [5, 5.41) is 2.68. The Morgan fingerprint density at radius 2 is 2.05 bits per heavy atom. The number of halogens is 1. The number of hydrogen-bond donors (Lipinski definition) is 1. The molecule has 2 aliphatic rings. The van der Waals surface area contributed by atoms with Crippen molar-refractivity contribution >= 4 is 5.91 Å². The van der Waals surface area contributed by atoms with Crippen LogP contribution in [-0.2, 0) is 11.3 Å². The zero-order valence-electron chi connectivity index (χ0n) is 12.6. The van der Waals surface area contributed by atoms with E-state index in [4.69, 9.17) is 0 Å². The van der Waals surface area contributed by atoms with Crippen LogP contribution in [0.25, 0.3) is 0 Å². The number of hydrogen-bond acceptors (Lipinski definition) is 2. The molecule has 1 saturated heterocycles. The van der Waals surface area contributed by atoms with Crippen LogP contribution in [0.15, 0.2) is 18.2 Å². The van der Waals surface area contributed by atoms with Crippen LogP contribution in [0, 0.1) is 11.7 Å². The minimum Gasteiger partial charge on any atom is -0.359 e. The largest absolute Gasteiger partial charge is 0.359 e. The molecular formula is C17H23FN2O. The Kier molecular flexibility index (Phi) is 4.24. The topological polar surface area (TPSA) is 32.3 Å². The number of rotatable bonds is 4. The summed E-state index contributed by atoms with van der Waals surface area (Å²) in [7, 11) is 1.67. The average molecular weight is 290 g/mol. The van der Waals surface area contributed by atoms with Crippen LogP contribution < -0.4 is 5.32 Å². The highest BCUT2D eigenvalue weighted by Crippen LogP contribution is 2.42. The predicted octanol–water partition coefficient (Wildman–Crippen LogP) is 2.66. The Hall–Kier alpha value is -1.42. The van der Waals surface area contributed by atoms with E-state index in [1.807, 2.05) is 12.1 Å². The number of carbonyl (C=O) groups excluding carboxylic acids is 1. The summed E-state index contributed by atoms with van der Waals surface area (Å²) in [5.74, 6) is 0.454. The van der Waals surface area contributed by atoms with E-state index in [1.165, 1.54) is 12.8 Å². The van der Waals surface area contributed by atoms with Crippen molar-refractivity contribution in [2.45, 2.75) is 38.1 Å². The van der Waals surface area contributed by atoms with Gasteiger partial charge >= 0.3 is 0 Å². The van der Waals surface area contributed by atoms with Gasteiger partial charge < -0.3 is 5.32 Å². The first-order valence-electron chi connectivity index (χ1n) is 7.89. The third-order valence-corrected chi connectivity index (χ3v) is 4.90. The molecule has 3 rings (SSSR count). The lowest BCUT2D eigenvalue weighted by Gasteiger charge is -2.34. The summed E-state index contributed by atoms with van der Waals surface area (Å²) < 4.78 is 14.2.